The molecule has 0 heterocycles. The van der Waals surface area contributed by atoms with Crippen LogP contribution in [0.4, 0.5) is 13.2 Å². The molecule has 0 aromatic heterocycles. The summed E-state index contributed by atoms with van der Waals surface area (Å²) < 4.78 is 37.0. The first-order valence-electron chi connectivity index (χ1n) is 5.59. The summed E-state index contributed by atoms with van der Waals surface area (Å²) in [7, 11) is 0. The van der Waals surface area contributed by atoms with Crippen LogP contribution in [-0.2, 0) is 0 Å². The standard InChI is InChI=1S/C10H19F3N2O/c11-10(12,13)7-15(4-5-16)9-3-1-2-8(14)6-9/h8-9,16H,1-7,14H2. The molecule has 2 atom stereocenters. The van der Waals surface area contributed by atoms with Gasteiger partial charge in [0.25, 0.3) is 0 Å². The Labute approximate surface area is 93.4 Å². The van der Waals surface area contributed by atoms with Crippen LogP contribution in [0.25, 0.3) is 0 Å². The van der Waals surface area contributed by atoms with Gasteiger partial charge in [0, 0.05) is 18.6 Å². The minimum absolute atomic E-state index is 0.00632. The Morgan fingerprint density at radius 3 is 2.50 bits per heavy atom. The minimum Gasteiger partial charge on any atom is -0.395 e. The zero-order valence-electron chi connectivity index (χ0n) is 9.21. The summed E-state index contributed by atoms with van der Waals surface area (Å²) in [5.74, 6) is 0. The maximum Gasteiger partial charge on any atom is 0.401 e. The quantitative estimate of drug-likeness (QED) is 0.774. The van der Waals surface area contributed by atoms with E-state index in [1.165, 1.54) is 4.90 Å². The van der Waals surface area contributed by atoms with Gasteiger partial charge in [-0.15, -0.1) is 0 Å². The maximum absolute atomic E-state index is 12.3. The van der Waals surface area contributed by atoms with E-state index in [0.29, 0.717) is 6.42 Å². The third-order valence-corrected chi connectivity index (χ3v) is 2.97. The second-order valence-corrected chi connectivity index (χ2v) is 4.39. The van der Waals surface area contributed by atoms with Crippen molar-refractivity contribution >= 4 is 0 Å². The molecule has 1 aliphatic carbocycles. The number of nitrogens with zero attached hydrogens (tertiary/aromatic N) is 1. The fourth-order valence-corrected chi connectivity index (χ4v) is 2.28. The third kappa shape index (κ3) is 4.67. The number of hydrogen-bond acceptors (Lipinski definition) is 3. The van der Waals surface area contributed by atoms with E-state index in [1.54, 1.807) is 0 Å². The summed E-state index contributed by atoms with van der Waals surface area (Å²) in [6.45, 7) is -1.14. The Kier molecular flexibility index (Phi) is 5.01. The number of aliphatic hydroxyl groups excluding tert-OH is 1. The number of rotatable bonds is 4. The fraction of sp³-hybridized carbons (Fsp3) is 1.00. The highest BCUT2D eigenvalue weighted by Gasteiger charge is 2.34. The first-order valence-corrected chi connectivity index (χ1v) is 5.59. The van der Waals surface area contributed by atoms with Crippen LogP contribution < -0.4 is 5.73 Å². The van der Waals surface area contributed by atoms with Crippen LogP contribution in [0.5, 0.6) is 0 Å². The molecule has 0 aliphatic heterocycles. The van der Waals surface area contributed by atoms with E-state index in [2.05, 4.69) is 0 Å². The van der Waals surface area contributed by atoms with E-state index in [-0.39, 0.29) is 25.2 Å². The Hall–Kier alpha value is -0.330. The van der Waals surface area contributed by atoms with Crippen LogP contribution in [-0.4, -0.2) is 48.0 Å². The van der Waals surface area contributed by atoms with Crippen molar-refractivity contribution in [2.24, 2.45) is 5.73 Å². The Bertz CT molecular complexity index is 211. The molecule has 3 N–H and O–H groups in total. The molecule has 96 valence electrons. The molecule has 0 amide bonds. The van der Waals surface area contributed by atoms with E-state index >= 15 is 0 Å². The Morgan fingerprint density at radius 1 is 1.31 bits per heavy atom. The molecule has 2 unspecified atom stereocenters. The second kappa shape index (κ2) is 5.84. The zero-order chi connectivity index (χ0) is 12.2. The number of alkyl halides is 3. The van der Waals surface area contributed by atoms with Crippen molar-refractivity contribution in [2.75, 3.05) is 19.7 Å². The number of hydrogen-bond donors (Lipinski definition) is 2. The average molecular weight is 240 g/mol. The van der Waals surface area contributed by atoms with Gasteiger partial charge < -0.3 is 10.8 Å². The van der Waals surface area contributed by atoms with Gasteiger partial charge in [0.2, 0.25) is 0 Å². The van der Waals surface area contributed by atoms with E-state index in [4.69, 9.17) is 10.8 Å². The fourth-order valence-electron chi connectivity index (χ4n) is 2.28. The lowest BCUT2D eigenvalue weighted by Gasteiger charge is -2.36. The van der Waals surface area contributed by atoms with E-state index in [9.17, 15) is 13.2 Å². The van der Waals surface area contributed by atoms with Gasteiger partial charge in [0.15, 0.2) is 0 Å². The molecule has 3 nitrogen and oxygen atoms in total. The normalized spacial score (nSPS) is 27.4. The molecule has 1 rings (SSSR count). The third-order valence-electron chi connectivity index (χ3n) is 2.97. The molecule has 0 saturated heterocycles. The molecular weight excluding hydrogens is 221 g/mol. The highest BCUT2D eigenvalue weighted by atomic mass is 19.4. The first kappa shape index (κ1) is 13.7. The first-order chi connectivity index (χ1) is 7.42. The van der Waals surface area contributed by atoms with Gasteiger partial charge in [-0.3, -0.25) is 4.90 Å². The largest absolute Gasteiger partial charge is 0.401 e. The number of nitrogens with two attached hydrogens (primary N) is 1. The van der Waals surface area contributed by atoms with Crippen LogP contribution in [0, 0.1) is 0 Å². The summed E-state index contributed by atoms with van der Waals surface area (Å²) in [5, 5.41) is 8.79. The van der Waals surface area contributed by atoms with Crippen LogP contribution in [0.1, 0.15) is 25.7 Å². The maximum atomic E-state index is 12.3. The van der Waals surface area contributed by atoms with Crippen LogP contribution in [0.2, 0.25) is 0 Å². The molecule has 1 saturated carbocycles. The van der Waals surface area contributed by atoms with Gasteiger partial charge in [-0.05, 0) is 19.3 Å². The van der Waals surface area contributed by atoms with Crippen molar-refractivity contribution in [3.8, 4) is 0 Å². The van der Waals surface area contributed by atoms with Gasteiger partial charge in [-0.2, -0.15) is 13.2 Å². The molecular formula is C10H19F3N2O. The molecule has 1 aliphatic rings. The Morgan fingerprint density at radius 2 is 2.00 bits per heavy atom. The van der Waals surface area contributed by atoms with Crippen LogP contribution in [0.15, 0.2) is 0 Å². The lowest BCUT2D eigenvalue weighted by Crippen LogP contribution is -2.47. The summed E-state index contributed by atoms with van der Waals surface area (Å²) >= 11 is 0. The molecule has 0 aromatic rings. The smallest absolute Gasteiger partial charge is 0.395 e. The van der Waals surface area contributed by atoms with Crippen molar-refractivity contribution in [3.63, 3.8) is 0 Å². The molecule has 0 spiro atoms. The van der Waals surface area contributed by atoms with E-state index < -0.39 is 12.7 Å². The average Bonchev–Trinajstić information content (AvgIpc) is 2.15. The van der Waals surface area contributed by atoms with E-state index in [0.717, 1.165) is 19.3 Å². The van der Waals surface area contributed by atoms with Crippen molar-refractivity contribution < 1.29 is 18.3 Å². The van der Waals surface area contributed by atoms with Gasteiger partial charge in [0.05, 0.1) is 13.2 Å². The van der Waals surface area contributed by atoms with E-state index in [1.807, 2.05) is 0 Å². The van der Waals surface area contributed by atoms with Gasteiger partial charge >= 0.3 is 6.18 Å². The molecule has 1 fully saturated rings. The molecule has 0 bridgehead atoms. The monoisotopic (exact) mass is 240 g/mol. The minimum atomic E-state index is -4.21. The molecule has 6 heteroatoms. The highest BCUT2D eigenvalue weighted by Crippen LogP contribution is 2.25. The number of halogens is 3. The molecule has 16 heavy (non-hydrogen) atoms. The lowest BCUT2D eigenvalue weighted by atomic mass is 9.90. The van der Waals surface area contributed by atoms with Crippen molar-refractivity contribution in [1.29, 1.82) is 0 Å². The Balaban J connectivity index is 2.54. The van der Waals surface area contributed by atoms with Crippen molar-refractivity contribution in [1.82, 2.24) is 4.90 Å². The predicted molar refractivity (Wildman–Crippen MR) is 54.9 cm³/mol. The van der Waals surface area contributed by atoms with Gasteiger partial charge in [-0.25, -0.2) is 0 Å². The SMILES string of the molecule is NC1CCCC(N(CCO)CC(F)(F)F)C1. The summed E-state index contributed by atoms with van der Waals surface area (Å²) in [4.78, 5) is 1.30. The topological polar surface area (TPSA) is 49.5 Å². The predicted octanol–water partition coefficient (Wildman–Crippen LogP) is 1.11. The zero-order valence-corrected chi connectivity index (χ0v) is 9.21. The molecule has 0 radical (unpaired) electrons. The van der Waals surface area contributed by atoms with Crippen molar-refractivity contribution in [3.05, 3.63) is 0 Å². The van der Waals surface area contributed by atoms with Crippen LogP contribution in [0.3, 0.4) is 0 Å². The second-order valence-electron chi connectivity index (χ2n) is 4.39. The molecule has 0 aromatic carbocycles. The summed E-state index contributed by atoms with van der Waals surface area (Å²) in [6, 6.07) is -0.147. The highest BCUT2D eigenvalue weighted by molar-refractivity contribution is 4.83. The van der Waals surface area contributed by atoms with Gasteiger partial charge in [-0.1, -0.05) is 6.42 Å². The summed E-state index contributed by atoms with van der Waals surface area (Å²) in [6.07, 6.45) is -1.13. The van der Waals surface area contributed by atoms with Gasteiger partial charge in [0.1, 0.15) is 0 Å². The van der Waals surface area contributed by atoms with Crippen LogP contribution >= 0.6 is 0 Å². The lowest BCUT2D eigenvalue weighted by molar-refractivity contribution is -0.153. The summed E-state index contributed by atoms with van der Waals surface area (Å²) in [5.41, 5.74) is 5.75. The number of aliphatic hydroxyl groups is 1. The van der Waals surface area contributed by atoms with Crippen molar-refractivity contribution in [2.45, 2.75) is 43.9 Å².